The van der Waals surface area contributed by atoms with E-state index in [-0.39, 0.29) is 18.5 Å². The van der Waals surface area contributed by atoms with Crippen LogP contribution in [0.15, 0.2) is 0 Å². The Balaban J connectivity index is 0.000000605. The molecular formula is C8H16ClNO. The van der Waals surface area contributed by atoms with Gasteiger partial charge in [0.2, 0.25) is 0 Å². The van der Waals surface area contributed by atoms with Crippen LogP contribution in [0.4, 0.5) is 0 Å². The molecule has 2 aliphatic heterocycles. The quantitative estimate of drug-likeness (QED) is 0.581. The van der Waals surface area contributed by atoms with Gasteiger partial charge >= 0.3 is 0 Å². The predicted molar refractivity (Wildman–Crippen MR) is 47.1 cm³/mol. The Kier molecular flexibility index (Phi) is 3.16. The first-order valence-corrected chi connectivity index (χ1v) is 4.29. The highest BCUT2D eigenvalue weighted by molar-refractivity contribution is 5.85. The number of rotatable bonds is 0. The van der Waals surface area contributed by atoms with Crippen molar-refractivity contribution in [1.82, 2.24) is 5.32 Å². The molecule has 2 aliphatic rings. The maximum Gasteiger partial charge on any atom is 0.0569 e. The van der Waals surface area contributed by atoms with Gasteiger partial charge in [0.15, 0.2) is 0 Å². The summed E-state index contributed by atoms with van der Waals surface area (Å²) in [5.41, 5.74) is 0. The zero-order valence-electron chi connectivity index (χ0n) is 6.62. The van der Waals surface area contributed by atoms with E-state index in [0.29, 0.717) is 12.1 Å². The summed E-state index contributed by atoms with van der Waals surface area (Å²) in [6, 6.07) is 1.25. The van der Waals surface area contributed by atoms with Gasteiger partial charge in [0, 0.05) is 12.1 Å². The van der Waals surface area contributed by atoms with Crippen LogP contribution in [-0.4, -0.2) is 23.3 Å². The largest absolute Gasteiger partial charge is 0.393 e. The molecule has 0 aliphatic carbocycles. The third kappa shape index (κ3) is 2.08. The van der Waals surface area contributed by atoms with Crippen molar-refractivity contribution in [3.8, 4) is 0 Å². The topological polar surface area (TPSA) is 32.3 Å². The van der Waals surface area contributed by atoms with E-state index in [2.05, 4.69) is 5.32 Å². The molecular weight excluding hydrogens is 162 g/mol. The van der Waals surface area contributed by atoms with E-state index in [1.165, 1.54) is 19.3 Å². The first-order chi connectivity index (χ1) is 4.84. The number of piperidine rings is 2. The molecule has 2 bridgehead atoms. The summed E-state index contributed by atoms with van der Waals surface area (Å²) in [7, 11) is 0. The Bertz CT molecular complexity index is 115. The van der Waals surface area contributed by atoms with Crippen molar-refractivity contribution in [3.63, 3.8) is 0 Å². The Labute approximate surface area is 73.8 Å². The van der Waals surface area contributed by atoms with Crippen molar-refractivity contribution >= 4 is 12.4 Å². The molecule has 0 aromatic carbocycles. The number of hydrogen-bond donors (Lipinski definition) is 2. The minimum Gasteiger partial charge on any atom is -0.393 e. The van der Waals surface area contributed by atoms with E-state index >= 15 is 0 Å². The van der Waals surface area contributed by atoms with Crippen LogP contribution in [0.2, 0.25) is 0 Å². The fourth-order valence-electron chi connectivity index (χ4n) is 2.24. The predicted octanol–water partition coefficient (Wildman–Crippen LogP) is 1.07. The number of fused-ring (bicyclic) bond motifs is 2. The Hall–Kier alpha value is 0.210. The zero-order chi connectivity index (χ0) is 6.97. The van der Waals surface area contributed by atoms with E-state index in [1.807, 2.05) is 0 Å². The third-order valence-electron chi connectivity index (χ3n) is 2.69. The van der Waals surface area contributed by atoms with Crippen LogP contribution in [-0.2, 0) is 0 Å². The molecule has 0 amide bonds. The second-order valence-electron chi connectivity index (χ2n) is 3.62. The lowest BCUT2D eigenvalue weighted by Crippen LogP contribution is -2.50. The highest BCUT2D eigenvalue weighted by Crippen LogP contribution is 2.25. The van der Waals surface area contributed by atoms with Gasteiger partial charge in [-0.05, 0) is 25.7 Å². The van der Waals surface area contributed by atoms with E-state index in [1.54, 1.807) is 0 Å². The molecule has 0 saturated carbocycles. The van der Waals surface area contributed by atoms with Gasteiger partial charge in [0.05, 0.1) is 6.10 Å². The summed E-state index contributed by atoms with van der Waals surface area (Å²) in [5, 5.41) is 12.9. The van der Waals surface area contributed by atoms with E-state index in [4.69, 9.17) is 0 Å². The van der Waals surface area contributed by atoms with Gasteiger partial charge in [-0.3, -0.25) is 0 Å². The van der Waals surface area contributed by atoms with Crippen LogP contribution in [0.3, 0.4) is 0 Å². The fourth-order valence-corrected chi connectivity index (χ4v) is 2.24. The van der Waals surface area contributed by atoms with Gasteiger partial charge in [-0.2, -0.15) is 0 Å². The van der Waals surface area contributed by atoms with Gasteiger partial charge in [-0.15, -0.1) is 12.4 Å². The Morgan fingerprint density at radius 2 is 1.64 bits per heavy atom. The zero-order valence-corrected chi connectivity index (χ0v) is 7.44. The minimum absolute atomic E-state index is 0. The summed E-state index contributed by atoms with van der Waals surface area (Å²) in [6.07, 6.45) is 5.85. The third-order valence-corrected chi connectivity index (χ3v) is 2.69. The summed E-state index contributed by atoms with van der Waals surface area (Å²) in [5.74, 6) is 0. The van der Waals surface area contributed by atoms with Crippen molar-refractivity contribution in [3.05, 3.63) is 0 Å². The molecule has 2 nitrogen and oxygen atoms in total. The van der Waals surface area contributed by atoms with Crippen molar-refractivity contribution in [1.29, 1.82) is 0 Å². The number of nitrogens with one attached hydrogen (secondary N) is 1. The summed E-state index contributed by atoms with van der Waals surface area (Å²) < 4.78 is 0. The first-order valence-electron chi connectivity index (χ1n) is 4.29. The number of aliphatic hydroxyl groups is 1. The van der Waals surface area contributed by atoms with Crippen LogP contribution < -0.4 is 5.32 Å². The number of hydrogen-bond acceptors (Lipinski definition) is 2. The van der Waals surface area contributed by atoms with Gasteiger partial charge in [-0.1, -0.05) is 6.42 Å². The molecule has 2 saturated heterocycles. The maximum absolute atomic E-state index is 9.38. The van der Waals surface area contributed by atoms with E-state index in [0.717, 1.165) is 12.8 Å². The highest BCUT2D eigenvalue weighted by Gasteiger charge is 2.29. The summed E-state index contributed by atoms with van der Waals surface area (Å²) >= 11 is 0. The van der Waals surface area contributed by atoms with Gasteiger partial charge in [0.1, 0.15) is 0 Å². The average molecular weight is 178 g/mol. The Morgan fingerprint density at radius 3 is 2.18 bits per heavy atom. The molecule has 2 heterocycles. The summed E-state index contributed by atoms with van der Waals surface area (Å²) in [4.78, 5) is 0. The molecule has 1 unspecified atom stereocenters. The van der Waals surface area contributed by atoms with E-state index < -0.39 is 0 Å². The van der Waals surface area contributed by atoms with Crippen LogP contribution in [0.1, 0.15) is 32.1 Å². The lowest BCUT2D eigenvalue weighted by molar-refractivity contribution is 0.0741. The second-order valence-corrected chi connectivity index (χ2v) is 3.62. The average Bonchev–Trinajstić information content (AvgIpc) is 1.85. The van der Waals surface area contributed by atoms with Crippen molar-refractivity contribution < 1.29 is 5.11 Å². The standard InChI is InChI=1S/C8H15NO.ClH/c10-8-4-6-2-1-3-7(5-8)9-6;/h6-10H,1-5H2;1H/t6-,7+,8?;. The Morgan fingerprint density at radius 1 is 1.09 bits per heavy atom. The SMILES string of the molecule is Cl.OC1C[C@H]2CCC[C@@H](C1)N2. The lowest BCUT2D eigenvalue weighted by atomic mass is 9.85. The number of aliphatic hydroxyl groups excluding tert-OH is 1. The fraction of sp³-hybridized carbons (Fsp3) is 1.00. The molecule has 0 spiro atoms. The van der Waals surface area contributed by atoms with Crippen molar-refractivity contribution in [2.24, 2.45) is 0 Å². The normalized spacial score (nSPS) is 42.8. The monoisotopic (exact) mass is 177 g/mol. The smallest absolute Gasteiger partial charge is 0.0569 e. The molecule has 2 rings (SSSR count). The molecule has 3 atom stereocenters. The maximum atomic E-state index is 9.38. The molecule has 0 aromatic rings. The molecule has 3 heteroatoms. The van der Waals surface area contributed by atoms with Gasteiger partial charge in [0.25, 0.3) is 0 Å². The second kappa shape index (κ2) is 3.74. The molecule has 2 N–H and O–H groups in total. The highest BCUT2D eigenvalue weighted by atomic mass is 35.5. The van der Waals surface area contributed by atoms with Crippen molar-refractivity contribution in [2.75, 3.05) is 0 Å². The molecule has 2 fully saturated rings. The number of halogens is 1. The van der Waals surface area contributed by atoms with Crippen LogP contribution >= 0.6 is 12.4 Å². The van der Waals surface area contributed by atoms with Crippen LogP contribution in [0, 0.1) is 0 Å². The first kappa shape index (κ1) is 9.30. The molecule has 11 heavy (non-hydrogen) atoms. The molecule has 66 valence electrons. The van der Waals surface area contributed by atoms with Crippen molar-refractivity contribution in [2.45, 2.75) is 50.3 Å². The minimum atomic E-state index is -0.0171. The van der Waals surface area contributed by atoms with Gasteiger partial charge in [-0.25, -0.2) is 0 Å². The van der Waals surface area contributed by atoms with Crippen LogP contribution in [0.25, 0.3) is 0 Å². The molecule has 0 aromatic heterocycles. The van der Waals surface area contributed by atoms with Crippen LogP contribution in [0.5, 0.6) is 0 Å². The molecule has 0 radical (unpaired) electrons. The van der Waals surface area contributed by atoms with Gasteiger partial charge < -0.3 is 10.4 Å². The van der Waals surface area contributed by atoms with E-state index in [9.17, 15) is 5.11 Å². The lowest BCUT2D eigenvalue weighted by Gasteiger charge is -2.38. The summed E-state index contributed by atoms with van der Waals surface area (Å²) in [6.45, 7) is 0.